The van der Waals surface area contributed by atoms with E-state index in [4.69, 9.17) is 0 Å². The van der Waals surface area contributed by atoms with Gasteiger partial charge in [0.2, 0.25) is 5.95 Å². The molecule has 0 amide bonds. The zero-order valence-corrected chi connectivity index (χ0v) is 13.9. The van der Waals surface area contributed by atoms with Crippen molar-refractivity contribution >= 4 is 39.1 Å². The molecule has 0 radical (unpaired) electrons. The van der Waals surface area contributed by atoms with E-state index in [1.54, 1.807) is 18.2 Å². The molecule has 2 N–H and O–H groups in total. The Labute approximate surface area is 141 Å². The lowest BCUT2D eigenvalue weighted by molar-refractivity contribution is 0.631. The van der Waals surface area contributed by atoms with Crippen LogP contribution in [0.2, 0.25) is 0 Å². The molecule has 116 valence electrons. The van der Waals surface area contributed by atoms with Gasteiger partial charge in [-0.3, -0.25) is 0 Å². The van der Waals surface area contributed by atoms with Crippen LogP contribution >= 0.6 is 15.9 Å². The Kier molecular flexibility index (Phi) is 4.52. The molecule has 0 aliphatic rings. The molecule has 0 unspecified atom stereocenters. The number of halogens is 2. The maximum absolute atomic E-state index is 13.7. The van der Waals surface area contributed by atoms with Gasteiger partial charge >= 0.3 is 0 Å². The smallest absolute Gasteiger partial charge is 0.229 e. The third-order valence-corrected chi connectivity index (χ3v) is 3.80. The molecule has 0 atom stereocenters. The van der Waals surface area contributed by atoms with Gasteiger partial charge in [0.1, 0.15) is 11.6 Å². The molecule has 0 saturated heterocycles. The van der Waals surface area contributed by atoms with Crippen LogP contribution in [0.1, 0.15) is 5.69 Å². The Morgan fingerprint density at radius 2 is 1.61 bits per heavy atom. The van der Waals surface area contributed by atoms with Crippen molar-refractivity contribution in [3.8, 4) is 0 Å². The van der Waals surface area contributed by atoms with Crippen LogP contribution in [0, 0.1) is 12.7 Å². The van der Waals surface area contributed by atoms with Crippen molar-refractivity contribution in [2.45, 2.75) is 6.92 Å². The van der Waals surface area contributed by atoms with E-state index in [-0.39, 0.29) is 5.82 Å². The average molecular weight is 373 g/mol. The van der Waals surface area contributed by atoms with Crippen molar-refractivity contribution in [2.24, 2.45) is 0 Å². The summed E-state index contributed by atoms with van der Waals surface area (Å²) in [4.78, 5) is 8.68. The van der Waals surface area contributed by atoms with E-state index in [1.165, 1.54) is 6.07 Å². The van der Waals surface area contributed by atoms with Crippen LogP contribution in [0.15, 0.2) is 59.1 Å². The number of nitrogens with one attached hydrogen (secondary N) is 2. The average Bonchev–Trinajstić information content (AvgIpc) is 2.51. The second kappa shape index (κ2) is 6.75. The molecule has 4 nitrogen and oxygen atoms in total. The molecular weight excluding hydrogens is 359 g/mol. The second-order valence-electron chi connectivity index (χ2n) is 4.93. The lowest BCUT2D eigenvalue weighted by atomic mass is 10.3. The van der Waals surface area contributed by atoms with E-state index in [2.05, 4.69) is 36.5 Å². The summed E-state index contributed by atoms with van der Waals surface area (Å²) >= 11 is 3.48. The predicted octanol–water partition coefficient (Wildman–Crippen LogP) is 5.17. The fraction of sp³-hybridized carbons (Fsp3) is 0.0588. The van der Waals surface area contributed by atoms with Gasteiger partial charge in [0.05, 0.1) is 11.4 Å². The number of hydrogen-bond acceptors (Lipinski definition) is 4. The lowest BCUT2D eigenvalue weighted by Crippen LogP contribution is -2.03. The maximum atomic E-state index is 13.7. The highest BCUT2D eigenvalue weighted by Crippen LogP contribution is 2.25. The van der Waals surface area contributed by atoms with Crippen LogP contribution in [-0.2, 0) is 0 Å². The third-order valence-electron chi connectivity index (χ3n) is 3.11. The van der Waals surface area contributed by atoms with E-state index < -0.39 is 0 Å². The molecule has 2 aromatic carbocycles. The third kappa shape index (κ3) is 3.84. The molecule has 0 fully saturated rings. The minimum absolute atomic E-state index is 0.338. The minimum Gasteiger partial charge on any atom is -0.339 e. The summed E-state index contributed by atoms with van der Waals surface area (Å²) in [6.07, 6.45) is 0. The zero-order valence-electron chi connectivity index (χ0n) is 12.3. The predicted molar refractivity (Wildman–Crippen MR) is 93.9 cm³/mol. The summed E-state index contributed by atoms with van der Waals surface area (Å²) in [6, 6.07) is 16.0. The Balaban J connectivity index is 1.88. The monoisotopic (exact) mass is 372 g/mol. The van der Waals surface area contributed by atoms with Crippen LogP contribution < -0.4 is 10.6 Å². The molecule has 3 aromatic rings. The van der Waals surface area contributed by atoms with E-state index >= 15 is 0 Å². The molecule has 0 bridgehead atoms. The molecule has 0 saturated carbocycles. The summed E-state index contributed by atoms with van der Waals surface area (Å²) < 4.78 is 14.7. The molecule has 1 heterocycles. The Bertz CT molecular complexity index is 773. The number of aromatic nitrogens is 2. The number of benzene rings is 2. The number of rotatable bonds is 4. The molecule has 0 spiro atoms. The normalized spacial score (nSPS) is 10.4. The quantitative estimate of drug-likeness (QED) is 0.662. The molecule has 0 aliphatic carbocycles. The van der Waals surface area contributed by atoms with Crippen LogP contribution in [-0.4, -0.2) is 9.97 Å². The van der Waals surface area contributed by atoms with E-state index in [0.29, 0.717) is 17.5 Å². The molecule has 23 heavy (non-hydrogen) atoms. The first-order chi connectivity index (χ1) is 11.1. The van der Waals surface area contributed by atoms with Crippen LogP contribution in [0.5, 0.6) is 0 Å². The maximum Gasteiger partial charge on any atom is 0.229 e. The molecule has 1 aromatic heterocycles. The number of nitrogens with zero attached hydrogens (tertiary/aromatic N) is 2. The van der Waals surface area contributed by atoms with Crippen molar-refractivity contribution in [3.05, 3.63) is 70.6 Å². The van der Waals surface area contributed by atoms with Gasteiger partial charge in [-0.1, -0.05) is 24.3 Å². The topological polar surface area (TPSA) is 49.8 Å². The first kappa shape index (κ1) is 15.4. The van der Waals surface area contributed by atoms with E-state index in [0.717, 1.165) is 15.9 Å². The van der Waals surface area contributed by atoms with Gasteiger partial charge in [-0.15, -0.1) is 0 Å². The highest BCUT2D eigenvalue weighted by atomic mass is 79.9. The Morgan fingerprint density at radius 1 is 0.913 bits per heavy atom. The van der Waals surface area contributed by atoms with Gasteiger partial charge < -0.3 is 10.6 Å². The lowest BCUT2D eigenvalue weighted by Gasteiger charge is -2.11. The van der Waals surface area contributed by atoms with Crippen molar-refractivity contribution in [2.75, 3.05) is 10.6 Å². The van der Waals surface area contributed by atoms with Crippen molar-refractivity contribution in [1.29, 1.82) is 0 Å². The first-order valence-electron chi connectivity index (χ1n) is 7.00. The highest BCUT2D eigenvalue weighted by Gasteiger charge is 2.07. The van der Waals surface area contributed by atoms with Gasteiger partial charge in [-0.2, -0.15) is 4.98 Å². The number of hydrogen-bond donors (Lipinski definition) is 2. The van der Waals surface area contributed by atoms with Gasteiger partial charge in [0.15, 0.2) is 0 Å². The summed E-state index contributed by atoms with van der Waals surface area (Å²) in [6.45, 7) is 1.86. The Hall–Kier alpha value is -2.47. The largest absolute Gasteiger partial charge is 0.339 e. The van der Waals surface area contributed by atoms with Gasteiger partial charge in [-0.25, -0.2) is 9.37 Å². The van der Waals surface area contributed by atoms with Gasteiger partial charge in [0.25, 0.3) is 0 Å². The molecule has 0 aliphatic heterocycles. The fourth-order valence-electron chi connectivity index (χ4n) is 2.07. The van der Waals surface area contributed by atoms with E-state index in [1.807, 2.05) is 37.3 Å². The highest BCUT2D eigenvalue weighted by molar-refractivity contribution is 9.10. The molecule has 3 rings (SSSR count). The summed E-state index contributed by atoms with van der Waals surface area (Å²) in [5.74, 6) is 0.616. The summed E-state index contributed by atoms with van der Waals surface area (Å²) in [5.41, 5.74) is 2.00. The van der Waals surface area contributed by atoms with Crippen LogP contribution in [0.4, 0.5) is 27.5 Å². The molecule has 6 heteroatoms. The number of aryl methyl sites for hydroxylation is 1. The first-order valence-corrected chi connectivity index (χ1v) is 7.80. The molecular formula is C17H14BrFN4. The second-order valence-corrected chi connectivity index (χ2v) is 5.78. The minimum atomic E-state index is -0.349. The standard InChI is InChI=1S/C17H14BrFN4/c1-11-10-16(21-14-8-4-2-6-12(14)18)23-17(20-11)22-15-9-5-3-7-13(15)19/h2-10H,1H3,(H2,20,21,22,23). The van der Waals surface area contributed by atoms with Crippen molar-refractivity contribution in [3.63, 3.8) is 0 Å². The fourth-order valence-corrected chi connectivity index (χ4v) is 2.46. The van der Waals surface area contributed by atoms with Gasteiger partial charge in [-0.05, 0) is 47.1 Å². The number of para-hydroxylation sites is 2. The number of anilines is 4. The van der Waals surface area contributed by atoms with Crippen molar-refractivity contribution < 1.29 is 4.39 Å². The SMILES string of the molecule is Cc1cc(Nc2ccccc2Br)nc(Nc2ccccc2F)n1. The van der Waals surface area contributed by atoms with Crippen LogP contribution in [0.25, 0.3) is 0 Å². The van der Waals surface area contributed by atoms with E-state index in [9.17, 15) is 4.39 Å². The zero-order chi connectivity index (χ0) is 16.2. The summed E-state index contributed by atoms with van der Waals surface area (Å²) in [5, 5.41) is 6.13. The Morgan fingerprint density at radius 3 is 2.35 bits per heavy atom. The summed E-state index contributed by atoms with van der Waals surface area (Å²) in [7, 11) is 0. The van der Waals surface area contributed by atoms with Crippen molar-refractivity contribution in [1.82, 2.24) is 9.97 Å². The van der Waals surface area contributed by atoms with Crippen LogP contribution in [0.3, 0.4) is 0 Å². The van der Waals surface area contributed by atoms with Gasteiger partial charge in [0, 0.05) is 16.2 Å².